The quantitative estimate of drug-likeness (QED) is 0.798. The van der Waals surface area contributed by atoms with Crippen LogP contribution in [0.5, 0.6) is 0 Å². The van der Waals surface area contributed by atoms with E-state index in [4.69, 9.17) is 4.74 Å². The van der Waals surface area contributed by atoms with Crippen molar-refractivity contribution in [2.75, 3.05) is 13.2 Å². The van der Waals surface area contributed by atoms with Crippen LogP contribution in [0, 0.1) is 13.8 Å². The highest BCUT2D eigenvalue weighted by Crippen LogP contribution is 2.13. The molecule has 22 heavy (non-hydrogen) atoms. The lowest BCUT2D eigenvalue weighted by atomic mass is 10.1. The van der Waals surface area contributed by atoms with Gasteiger partial charge < -0.3 is 4.74 Å². The van der Waals surface area contributed by atoms with Gasteiger partial charge in [-0.2, -0.15) is 0 Å². The summed E-state index contributed by atoms with van der Waals surface area (Å²) in [5, 5.41) is 0. The summed E-state index contributed by atoms with van der Waals surface area (Å²) in [5.74, 6) is 0. The molecule has 0 saturated carbocycles. The number of benzene rings is 2. The molecule has 1 N–H and O–H groups in total. The summed E-state index contributed by atoms with van der Waals surface area (Å²) in [4.78, 5) is 0.314. The second kappa shape index (κ2) is 7.54. The van der Waals surface area contributed by atoms with Crippen molar-refractivity contribution < 1.29 is 13.2 Å². The molecule has 0 aliphatic heterocycles. The molecule has 0 atom stereocenters. The monoisotopic (exact) mass is 319 g/mol. The average molecular weight is 319 g/mol. The topological polar surface area (TPSA) is 55.4 Å². The number of rotatable bonds is 7. The van der Waals surface area contributed by atoms with E-state index in [0.29, 0.717) is 18.1 Å². The Hall–Kier alpha value is -1.69. The van der Waals surface area contributed by atoms with Crippen molar-refractivity contribution in [1.29, 1.82) is 0 Å². The molecule has 118 valence electrons. The molecule has 2 aromatic carbocycles. The Kier molecular flexibility index (Phi) is 5.71. The predicted molar refractivity (Wildman–Crippen MR) is 87.2 cm³/mol. The van der Waals surface area contributed by atoms with Crippen molar-refractivity contribution in [1.82, 2.24) is 4.72 Å². The second-order valence-electron chi connectivity index (χ2n) is 5.14. The standard InChI is InChI=1S/C17H21NO3S/c1-14-7-3-5-9-16(14)13-21-12-11-18-22(19,20)17-10-6-4-8-15(17)2/h3-10,18H,11-13H2,1-2H3. The highest BCUT2D eigenvalue weighted by molar-refractivity contribution is 7.89. The maximum Gasteiger partial charge on any atom is 0.240 e. The van der Waals surface area contributed by atoms with Crippen LogP contribution in [0.15, 0.2) is 53.4 Å². The molecule has 0 aromatic heterocycles. The number of hydrogen-bond donors (Lipinski definition) is 1. The van der Waals surface area contributed by atoms with Gasteiger partial charge in [-0.05, 0) is 36.6 Å². The first kappa shape index (κ1) is 16.7. The third-order valence-electron chi connectivity index (χ3n) is 3.44. The summed E-state index contributed by atoms with van der Waals surface area (Å²) in [5.41, 5.74) is 3.02. The van der Waals surface area contributed by atoms with Crippen molar-refractivity contribution in [2.24, 2.45) is 0 Å². The first-order valence-electron chi connectivity index (χ1n) is 7.18. The van der Waals surface area contributed by atoms with Crippen LogP contribution in [0.25, 0.3) is 0 Å². The highest BCUT2D eigenvalue weighted by Gasteiger charge is 2.15. The largest absolute Gasteiger partial charge is 0.375 e. The molecular weight excluding hydrogens is 298 g/mol. The van der Waals surface area contributed by atoms with E-state index >= 15 is 0 Å². The Morgan fingerprint density at radius 1 is 0.955 bits per heavy atom. The van der Waals surface area contributed by atoms with Crippen LogP contribution in [0.1, 0.15) is 16.7 Å². The molecule has 5 heteroatoms. The third-order valence-corrected chi connectivity index (χ3v) is 5.06. The van der Waals surface area contributed by atoms with E-state index in [1.165, 1.54) is 5.56 Å². The zero-order valence-corrected chi connectivity index (χ0v) is 13.7. The van der Waals surface area contributed by atoms with Crippen LogP contribution in [-0.2, 0) is 21.4 Å². The van der Waals surface area contributed by atoms with Gasteiger partial charge in [0.1, 0.15) is 0 Å². The Labute approximate surface area is 132 Å². The Morgan fingerprint density at radius 2 is 1.59 bits per heavy atom. The normalized spacial score (nSPS) is 11.5. The first-order valence-corrected chi connectivity index (χ1v) is 8.66. The summed E-state index contributed by atoms with van der Waals surface area (Å²) in [7, 11) is -3.47. The van der Waals surface area contributed by atoms with Crippen molar-refractivity contribution in [3.63, 3.8) is 0 Å². The molecule has 0 amide bonds. The molecule has 0 saturated heterocycles. The Morgan fingerprint density at radius 3 is 2.27 bits per heavy atom. The molecule has 2 aromatic rings. The van der Waals surface area contributed by atoms with Gasteiger partial charge in [-0.25, -0.2) is 13.1 Å². The molecule has 0 spiro atoms. The predicted octanol–water partition coefficient (Wildman–Crippen LogP) is 2.80. The van der Waals surface area contributed by atoms with Crippen molar-refractivity contribution >= 4 is 10.0 Å². The van der Waals surface area contributed by atoms with Gasteiger partial charge >= 0.3 is 0 Å². The van der Waals surface area contributed by atoms with Gasteiger partial charge in [-0.1, -0.05) is 42.5 Å². The fourth-order valence-corrected chi connectivity index (χ4v) is 3.40. The van der Waals surface area contributed by atoms with Crippen LogP contribution in [0.3, 0.4) is 0 Å². The zero-order chi connectivity index (χ0) is 16.0. The third kappa shape index (κ3) is 4.40. The van der Waals surface area contributed by atoms with Crippen LogP contribution in [0.4, 0.5) is 0 Å². The highest BCUT2D eigenvalue weighted by atomic mass is 32.2. The van der Waals surface area contributed by atoms with Gasteiger partial charge in [0.05, 0.1) is 18.1 Å². The number of nitrogens with one attached hydrogen (secondary N) is 1. The van der Waals surface area contributed by atoms with Crippen LogP contribution in [-0.4, -0.2) is 21.6 Å². The second-order valence-corrected chi connectivity index (χ2v) is 6.88. The van der Waals surface area contributed by atoms with E-state index in [9.17, 15) is 8.42 Å². The van der Waals surface area contributed by atoms with Gasteiger partial charge in [0.2, 0.25) is 10.0 Å². The van der Waals surface area contributed by atoms with E-state index < -0.39 is 10.0 Å². The average Bonchev–Trinajstić information content (AvgIpc) is 2.49. The van der Waals surface area contributed by atoms with E-state index in [1.807, 2.05) is 37.3 Å². The van der Waals surface area contributed by atoms with Crippen LogP contribution < -0.4 is 4.72 Å². The summed E-state index contributed by atoms with van der Waals surface area (Å²) >= 11 is 0. The van der Waals surface area contributed by atoms with Crippen LogP contribution in [0.2, 0.25) is 0 Å². The van der Waals surface area contributed by atoms with Gasteiger partial charge in [0, 0.05) is 6.54 Å². The van der Waals surface area contributed by atoms with Crippen molar-refractivity contribution in [3.05, 3.63) is 65.2 Å². The van der Waals surface area contributed by atoms with Gasteiger partial charge in [-0.3, -0.25) is 0 Å². The minimum Gasteiger partial charge on any atom is -0.375 e. The molecular formula is C17H21NO3S. The number of aryl methyl sites for hydroxylation is 2. The minimum absolute atomic E-state index is 0.253. The minimum atomic E-state index is -3.47. The number of sulfonamides is 1. The van der Waals surface area contributed by atoms with Gasteiger partial charge in [0.25, 0.3) is 0 Å². The van der Waals surface area contributed by atoms with Gasteiger partial charge in [0.15, 0.2) is 0 Å². The van der Waals surface area contributed by atoms with Gasteiger partial charge in [-0.15, -0.1) is 0 Å². The molecule has 4 nitrogen and oxygen atoms in total. The zero-order valence-electron chi connectivity index (χ0n) is 12.9. The Bertz CT molecular complexity index is 726. The van der Waals surface area contributed by atoms with E-state index in [-0.39, 0.29) is 6.54 Å². The maximum absolute atomic E-state index is 12.2. The lowest BCUT2D eigenvalue weighted by Gasteiger charge is -2.10. The fraction of sp³-hybridized carbons (Fsp3) is 0.294. The molecule has 0 bridgehead atoms. The molecule has 0 fully saturated rings. The van der Waals surface area contributed by atoms with E-state index in [0.717, 1.165) is 11.1 Å². The number of hydrogen-bond acceptors (Lipinski definition) is 3. The smallest absolute Gasteiger partial charge is 0.240 e. The summed E-state index contributed by atoms with van der Waals surface area (Å²) in [6.45, 7) is 4.88. The summed E-state index contributed by atoms with van der Waals surface area (Å²) in [6, 6.07) is 14.9. The van der Waals surface area contributed by atoms with E-state index in [1.54, 1.807) is 25.1 Å². The molecule has 0 heterocycles. The molecule has 2 rings (SSSR count). The van der Waals surface area contributed by atoms with Crippen molar-refractivity contribution in [3.8, 4) is 0 Å². The van der Waals surface area contributed by atoms with Crippen molar-refractivity contribution in [2.45, 2.75) is 25.3 Å². The lowest BCUT2D eigenvalue weighted by molar-refractivity contribution is 0.125. The van der Waals surface area contributed by atoms with Crippen LogP contribution >= 0.6 is 0 Å². The fourth-order valence-electron chi connectivity index (χ4n) is 2.14. The summed E-state index contributed by atoms with van der Waals surface area (Å²) < 4.78 is 32.4. The SMILES string of the molecule is Cc1ccccc1COCCNS(=O)(=O)c1ccccc1C. The molecule has 0 radical (unpaired) electrons. The Balaban J connectivity index is 1.82. The van der Waals surface area contributed by atoms with E-state index in [2.05, 4.69) is 4.72 Å². The lowest BCUT2D eigenvalue weighted by Crippen LogP contribution is -2.28. The number of ether oxygens (including phenoxy) is 1. The molecule has 0 aliphatic rings. The molecule has 0 aliphatic carbocycles. The molecule has 0 unspecified atom stereocenters. The first-order chi connectivity index (χ1) is 10.5. The summed E-state index contributed by atoms with van der Waals surface area (Å²) in [6.07, 6.45) is 0. The maximum atomic E-state index is 12.2.